The Labute approximate surface area is 110 Å². The summed E-state index contributed by atoms with van der Waals surface area (Å²) in [5.74, 6) is 4.53. The van der Waals surface area contributed by atoms with Crippen molar-refractivity contribution in [1.29, 1.82) is 0 Å². The Morgan fingerprint density at radius 3 is 2.79 bits per heavy atom. The molecular weight excluding hydrogens is 271 g/mol. The van der Waals surface area contributed by atoms with Crippen molar-refractivity contribution in [2.45, 2.75) is 0 Å². The Hall–Kier alpha value is -1.91. The molecule has 4 N–H and O–H groups in total. The summed E-state index contributed by atoms with van der Waals surface area (Å²) < 4.78 is 23.4. The number of carbonyl (C=O) groups is 1. The van der Waals surface area contributed by atoms with Crippen molar-refractivity contribution in [1.82, 2.24) is 9.75 Å². The van der Waals surface area contributed by atoms with Crippen LogP contribution in [0.2, 0.25) is 0 Å². The van der Waals surface area contributed by atoms with Crippen molar-refractivity contribution in [2.24, 2.45) is 10.9 Å². The highest BCUT2D eigenvalue weighted by Crippen LogP contribution is 2.11. The molecule has 0 radical (unpaired) electrons. The summed E-state index contributed by atoms with van der Waals surface area (Å²) in [6.07, 6.45) is 2.20. The predicted molar refractivity (Wildman–Crippen MR) is 70.0 cm³/mol. The molecule has 1 amide bonds. The molecule has 0 atom stereocenters. The van der Waals surface area contributed by atoms with Gasteiger partial charge in [-0.15, -0.1) is 0 Å². The maximum atomic E-state index is 11.4. The van der Waals surface area contributed by atoms with Crippen LogP contribution >= 0.6 is 0 Å². The first-order chi connectivity index (χ1) is 8.84. The highest BCUT2D eigenvalue weighted by Gasteiger charge is 2.35. The van der Waals surface area contributed by atoms with Gasteiger partial charge >= 0.3 is 7.05 Å². The maximum Gasteiger partial charge on any atom is 0.484 e. The highest BCUT2D eigenvalue weighted by atomic mass is 32.2. The smallest absolute Gasteiger partial charge is 0.427 e. The van der Waals surface area contributed by atoms with E-state index in [1.54, 1.807) is 0 Å². The minimum absolute atomic E-state index is 0.285. The standard InChI is InChI=1S/C9H11BN4O4S/c1-19(17,18)14-10(16)8-3-2-6(9(15)13-11)4-7(8)5-12-14/h2-5,16H,11H2,1H3,(H,13,15). The quantitative estimate of drug-likeness (QED) is 0.241. The van der Waals surface area contributed by atoms with E-state index in [1.165, 1.54) is 24.4 Å². The molecule has 0 aliphatic carbocycles. The number of nitrogens with two attached hydrogens (primary N) is 1. The van der Waals surface area contributed by atoms with Crippen LogP contribution in [-0.2, 0) is 10.0 Å². The number of hydrogen-bond donors (Lipinski definition) is 3. The number of carbonyl (C=O) groups excluding carboxylic acids is 1. The fourth-order valence-corrected chi connectivity index (χ4v) is 2.41. The van der Waals surface area contributed by atoms with E-state index in [4.69, 9.17) is 5.84 Å². The number of sulfonamides is 1. The molecule has 0 fully saturated rings. The number of hydrogen-bond acceptors (Lipinski definition) is 6. The van der Waals surface area contributed by atoms with Crippen LogP contribution in [0.1, 0.15) is 15.9 Å². The first kappa shape index (κ1) is 13.5. The van der Waals surface area contributed by atoms with Gasteiger partial charge < -0.3 is 5.02 Å². The third-order valence-electron chi connectivity index (χ3n) is 2.62. The number of hydrazone groups is 1. The van der Waals surface area contributed by atoms with Gasteiger partial charge in [0.1, 0.15) is 0 Å². The highest BCUT2D eigenvalue weighted by molar-refractivity contribution is 7.89. The molecule has 0 unspecified atom stereocenters. The zero-order valence-electron chi connectivity index (χ0n) is 9.94. The summed E-state index contributed by atoms with van der Waals surface area (Å²) in [4.78, 5) is 11.4. The Balaban J connectivity index is 2.45. The van der Waals surface area contributed by atoms with E-state index in [0.29, 0.717) is 15.4 Å². The van der Waals surface area contributed by atoms with Gasteiger partial charge in [-0.3, -0.25) is 10.2 Å². The summed E-state index contributed by atoms with van der Waals surface area (Å²) in [6.45, 7) is 0. The Morgan fingerprint density at radius 1 is 1.53 bits per heavy atom. The fraction of sp³-hybridized carbons (Fsp3) is 0.111. The van der Waals surface area contributed by atoms with E-state index in [1.807, 2.05) is 5.43 Å². The molecule has 8 nitrogen and oxygen atoms in total. The zero-order chi connectivity index (χ0) is 14.2. The van der Waals surface area contributed by atoms with Crippen LogP contribution in [0.5, 0.6) is 0 Å². The number of nitrogens with zero attached hydrogens (tertiary/aromatic N) is 2. The molecule has 0 bridgehead atoms. The minimum atomic E-state index is -3.66. The summed E-state index contributed by atoms with van der Waals surface area (Å²) in [5, 5.41) is 13.6. The van der Waals surface area contributed by atoms with Crippen molar-refractivity contribution in [3.63, 3.8) is 0 Å². The topological polar surface area (TPSA) is 125 Å². The monoisotopic (exact) mass is 282 g/mol. The van der Waals surface area contributed by atoms with Crippen molar-refractivity contribution in [3.05, 3.63) is 29.3 Å². The lowest BCUT2D eigenvalue weighted by molar-refractivity contribution is 0.0953. The molecule has 1 heterocycles. The first-order valence-electron chi connectivity index (χ1n) is 5.21. The second-order valence-corrected chi connectivity index (χ2v) is 5.81. The summed E-state index contributed by atoms with van der Waals surface area (Å²) in [6, 6.07) is 4.35. The summed E-state index contributed by atoms with van der Waals surface area (Å²) >= 11 is 0. The number of nitrogens with one attached hydrogen (secondary N) is 1. The van der Waals surface area contributed by atoms with E-state index in [9.17, 15) is 18.2 Å². The molecular formula is C9H11BN4O4S. The number of amides is 1. The summed E-state index contributed by atoms with van der Waals surface area (Å²) in [7, 11) is -5.07. The van der Waals surface area contributed by atoms with Crippen LogP contribution in [0.25, 0.3) is 0 Å². The fourth-order valence-electron chi connectivity index (χ4n) is 1.71. The van der Waals surface area contributed by atoms with Crippen LogP contribution < -0.4 is 16.7 Å². The van der Waals surface area contributed by atoms with Crippen LogP contribution in [0, 0.1) is 0 Å². The average Bonchev–Trinajstić information content (AvgIpc) is 2.36. The van der Waals surface area contributed by atoms with Gasteiger partial charge in [-0.05, 0) is 23.2 Å². The molecule has 1 aliphatic heterocycles. The molecule has 0 aromatic heterocycles. The Bertz CT molecular complexity index is 660. The van der Waals surface area contributed by atoms with Gasteiger partial charge in [-0.2, -0.15) is 5.10 Å². The maximum absolute atomic E-state index is 11.4. The van der Waals surface area contributed by atoms with Crippen LogP contribution in [0.3, 0.4) is 0 Å². The Morgan fingerprint density at radius 2 is 2.21 bits per heavy atom. The molecule has 100 valence electrons. The molecule has 0 spiro atoms. The van der Waals surface area contributed by atoms with Gasteiger partial charge in [-0.1, -0.05) is 6.07 Å². The third-order valence-corrected chi connectivity index (χ3v) is 3.59. The summed E-state index contributed by atoms with van der Waals surface area (Å²) in [5.41, 5.74) is 3.06. The normalized spacial score (nSPS) is 14.3. The number of nitrogen functional groups attached to an aromatic ring is 1. The average molecular weight is 282 g/mol. The van der Waals surface area contributed by atoms with Gasteiger partial charge in [0.2, 0.25) is 10.0 Å². The minimum Gasteiger partial charge on any atom is -0.427 e. The molecule has 2 rings (SSSR count). The van der Waals surface area contributed by atoms with Crippen molar-refractivity contribution >= 4 is 34.7 Å². The van der Waals surface area contributed by atoms with E-state index < -0.39 is 23.0 Å². The molecule has 0 saturated carbocycles. The lowest BCUT2D eigenvalue weighted by Gasteiger charge is -2.24. The Kier molecular flexibility index (Phi) is 3.31. The first-order valence-corrected chi connectivity index (χ1v) is 7.06. The zero-order valence-corrected chi connectivity index (χ0v) is 10.8. The van der Waals surface area contributed by atoms with Gasteiger partial charge in [0.25, 0.3) is 5.91 Å². The van der Waals surface area contributed by atoms with Gasteiger partial charge in [0, 0.05) is 5.56 Å². The largest absolute Gasteiger partial charge is 0.484 e. The predicted octanol–water partition coefficient (Wildman–Crippen LogP) is -2.41. The van der Waals surface area contributed by atoms with E-state index >= 15 is 0 Å². The number of rotatable bonds is 2. The molecule has 19 heavy (non-hydrogen) atoms. The lowest BCUT2D eigenvalue weighted by Crippen LogP contribution is -2.52. The van der Waals surface area contributed by atoms with Gasteiger partial charge in [0.15, 0.2) is 0 Å². The van der Waals surface area contributed by atoms with Crippen LogP contribution in [-0.4, -0.2) is 43.2 Å². The van der Waals surface area contributed by atoms with Crippen LogP contribution in [0.4, 0.5) is 0 Å². The van der Waals surface area contributed by atoms with Crippen molar-refractivity contribution in [2.75, 3.05) is 6.26 Å². The molecule has 1 aromatic carbocycles. The van der Waals surface area contributed by atoms with Crippen LogP contribution in [0.15, 0.2) is 23.3 Å². The van der Waals surface area contributed by atoms with Gasteiger partial charge in [0.05, 0.1) is 12.5 Å². The van der Waals surface area contributed by atoms with E-state index in [2.05, 4.69) is 5.10 Å². The van der Waals surface area contributed by atoms with Crippen molar-refractivity contribution in [3.8, 4) is 0 Å². The third kappa shape index (κ3) is 2.45. The lowest BCUT2D eigenvalue weighted by atomic mass is 9.71. The van der Waals surface area contributed by atoms with E-state index in [0.717, 1.165) is 6.26 Å². The SMILES string of the molecule is CS(=O)(=O)N1N=Cc2cc(C(=O)NN)ccc2B1O. The molecule has 1 aliphatic rings. The number of hydrazine groups is 1. The molecule has 1 aromatic rings. The molecule has 10 heteroatoms. The van der Waals surface area contributed by atoms with Gasteiger partial charge in [-0.25, -0.2) is 18.6 Å². The number of fused-ring (bicyclic) bond motifs is 1. The van der Waals surface area contributed by atoms with Crippen molar-refractivity contribution < 1.29 is 18.2 Å². The van der Waals surface area contributed by atoms with E-state index in [-0.39, 0.29) is 5.56 Å². The second-order valence-electron chi connectivity index (χ2n) is 3.97. The second kappa shape index (κ2) is 4.65. The molecule has 0 saturated heterocycles. The number of benzene rings is 1.